The fourth-order valence-electron chi connectivity index (χ4n) is 0.719. The molecule has 0 aliphatic carbocycles. The molecule has 1 heterocycles. The summed E-state index contributed by atoms with van der Waals surface area (Å²) in [5, 5.41) is 3.06. The molecule has 0 atom stereocenters. The summed E-state index contributed by atoms with van der Waals surface area (Å²) in [6.07, 6.45) is 3.46. The molecule has 0 aliphatic heterocycles. The van der Waals surface area contributed by atoms with Crippen LogP contribution >= 0.6 is 0 Å². The first-order valence-corrected chi connectivity index (χ1v) is 3.23. The van der Waals surface area contributed by atoms with Crippen LogP contribution in [0.15, 0.2) is 29.4 Å². The van der Waals surface area contributed by atoms with Gasteiger partial charge in [-0.15, -0.1) is 6.58 Å². The van der Waals surface area contributed by atoms with Crippen LogP contribution in [0.2, 0.25) is 0 Å². The Labute approximate surface area is 60.5 Å². The van der Waals surface area contributed by atoms with Crippen LogP contribution in [0.4, 0.5) is 5.88 Å². The summed E-state index contributed by atoms with van der Waals surface area (Å²) >= 11 is 0. The van der Waals surface area contributed by atoms with Gasteiger partial charge in [0.15, 0.2) is 5.88 Å². The molecule has 0 spiro atoms. The third-order valence-electron chi connectivity index (χ3n) is 1.27. The highest BCUT2D eigenvalue weighted by molar-refractivity contribution is 5.40. The summed E-state index contributed by atoms with van der Waals surface area (Å²) in [7, 11) is 0. The van der Waals surface area contributed by atoms with E-state index in [4.69, 9.17) is 4.42 Å². The number of hydrogen-bond acceptors (Lipinski definition) is 2. The van der Waals surface area contributed by atoms with E-state index in [0.717, 1.165) is 18.0 Å². The lowest BCUT2D eigenvalue weighted by atomic mass is 10.3. The summed E-state index contributed by atoms with van der Waals surface area (Å²) in [5.74, 6) is 0.833. The summed E-state index contributed by atoms with van der Waals surface area (Å²) in [5.41, 5.74) is 1.13. The summed E-state index contributed by atoms with van der Waals surface area (Å²) in [6.45, 7) is 6.32. The lowest BCUT2D eigenvalue weighted by Crippen LogP contribution is -1.96. The minimum Gasteiger partial charge on any atom is -0.449 e. The maximum absolute atomic E-state index is 5.11. The van der Waals surface area contributed by atoms with Crippen molar-refractivity contribution < 1.29 is 4.42 Å². The standard InChI is InChI=1S/C8H11NO/c1-3-5-9-8-7(2)4-6-10-8/h3-4,6,9H,1,5H2,2H3. The maximum atomic E-state index is 5.11. The van der Waals surface area contributed by atoms with Gasteiger partial charge < -0.3 is 9.73 Å². The molecule has 0 aromatic carbocycles. The summed E-state index contributed by atoms with van der Waals surface area (Å²) in [6, 6.07) is 1.92. The first-order chi connectivity index (χ1) is 4.84. The van der Waals surface area contributed by atoms with Crippen LogP contribution < -0.4 is 5.32 Å². The predicted molar refractivity (Wildman–Crippen MR) is 42.1 cm³/mol. The van der Waals surface area contributed by atoms with Gasteiger partial charge in [-0.1, -0.05) is 6.08 Å². The van der Waals surface area contributed by atoms with Gasteiger partial charge in [-0.2, -0.15) is 0 Å². The quantitative estimate of drug-likeness (QED) is 0.646. The molecule has 2 heteroatoms. The zero-order valence-electron chi connectivity index (χ0n) is 6.05. The Balaban J connectivity index is 2.56. The molecular formula is C8H11NO. The van der Waals surface area contributed by atoms with Gasteiger partial charge in [-0.25, -0.2) is 0 Å². The molecule has 1 aromatic rings. The van der Waals surface area contributed by atoms with E-state index in [1.807, 2.05) is 13.0 Å². The van der Waals surface area contributed by atoms with Crippen LogP contribution in [0.1, 0.15) is 5.56 Å². The van der Waals surface area contributed by atoms with Gasteiger partial charge >= 0.3 is 0 Å². The van der Waals surface area contributed by atoms with Gasteiger partial charge in [0, 0.05) is 12.1 Å². The van der Waals surface area contributed by atoms with Gasteiger partial charge in [0.2, 0.25) is 0 Å². The lowest BCUT2D eigenvalue weighted by Gasteiger charge is -1.97. The van der Waals surface area contributed by atoms with Crippen molar-refractivity contribution in [2.45, 2.75) is 6.92 Å². The van der Waals surface area contributed by atoms with Gasteiger partial charge in [0.25, 0.3) is 0 Å². The topological polar surface area (TPSA) is 25.2 Å². The highest BCUT2D eigenvalue weighted by Gasteiger charge is 1.96. The highest BCUT2D eigenvalue weighted by Crippen LogP contribution is 2.13. The molecule has 0 aliphatic rings. The molecule has 0 radical (unpaired) electrons. The zero-order chi connectivity index (χ0) is 7.40. The van der Waals surface area contributed by atoms with Crippen molar-refractivity contribution in [3.63, 3.8) is 0 Å². The zero-order valence-corrected chi connectivity index (χ0v) is 6.05. The number of hydrogen-bond donors (Lipinski definition) is 1. The van der Waals surface area contributed by atoms with Crippen molar-refractivity contribution in [3.05, 3.63) is 30.5 Å². The van der Waals surface area contributed by atoms with Crippen molar-refractivity contribution in [2.24, 2.45) is 0 Å². The fourth-order valence-corrected chi connectivity index (χ4v) is 0.719. The van der Waals surface area contributed by atoms with Crippen LogP contribution in [0.3, 0.4) is 0 Å². The molecule has 2 nitrogen and oxygen atoms in total. The minimum absolute atomic E-state index is 0.744. The van der Waals surface area contributed by atoms with Crippen LogP contribution in [0.5, 0.6) is 0 Å². The number of aryl methyl sites for hydroxylation is 1. The molecule has 10 heavy (non-hydrogen) atoms. The summed E-state index contributed by atoms with van der Waals surface area (Å²) < 4.78 is 5.11. The van der Waals surface area contributed by atoms with E-state index < -0.39 is 0 Å². The smallest absolute Gasteiger partial charge is 0.195 e. The Kier molecular flexibility index (Phi) is 2.15. The van der Waals surface area contributed by atoms with Crippen molar-refractivity contribution in [2.75, 3.05) is 11.9 Å². The molecule has 0 unspecified atom stereocenters. The van der Waals surface area contributed by atoms with E-state index in [1.165, 1.54) is 0 Å². The number of rotatable bonds is 3. The molecule has 0 saturated heterocycles. The van der Waals surface area contributed by atoms with Crippen molar-refractivity contribution in [1.29, 1.82) is 0 Å². The third kappa shape index (κ3) is 1.41. The molecule has 0 fully saturated rings. The van der Waals surface area contributed by atoms with E-state index in [0.29, 0.717) is 0 Å². The second kappa shape index (κ2) is 3.11. The molecule has 1 rings (SSSR count). The molecule has 54 valence electrons. The normalized spacial score (nSPS) is 9.30. The monoisotopic (exact) mass is 137 g/mol. The van der Waals surface area contributed by atoms with Crippen LogP contribution in [-0.4, -0.2) is 6.54 Å². The van der Waals surface area contributed by atoms with Gasteiger partial charge in [0.05, 0.1) is 6.26 Å². The predicted octanol–water partition coefficient (Wildman–Crippen LogP) is 2.19. The Morgan fingerprint density at radius 2 is 2.60 bits per heavy atom. The highest BCUT2D eigenvalue weighted by atomic mass is 16.3. The maximum Gasteiger partial charge on any atom is 0.195 e. The van der Waals surface area contributed by atoms with Gasteiger partial charge in [-0.05, 0) is 13.0 Å². The molecular weight excluding hydrogens is 126 g/mol. The number of furan rings is 1. The second-order valence-electron chi connectivity index (χ2n) is 2.10. The second-order valence-corrected chi connectivity index (χ2v) is 2.10. The SMILES string of the molecule is C=CCNc1occc1C. The van der Waals surface area contributed by atoms with Crippen molar-refractivity contribution in [1.82, 2.24) is 0 Å². The minimum atomic E-state index is 0.744. The van der Waals surface area contributed by atoms with E-state index in [1.54, 1.807) is 12.3 Å². The Morgan fingerprint density at radius 3 is 3.10 bits per heavy atom. The molecule has 0 amide bonds. The third-order valence-corrected chi connectivity index (χ3v) is 1.27. The Morgan fingerprint density at radius 1 is 1.80 bits per heavy atom. The van der Waals surface area contributed by atoms with Crippen LogP contribution in [-0.2, 0) is 0 Å². The average Bonchev–Trinajstić information content (AvgIpc) is 2.31. The van der Waals surface area contributed by atoms with Crippen LogP contribution in [0.25, 0.3) is 0 Å². The van der Waals surface area contributed by atoms with E-state index in [-0.39, 0.29) is 0 Å². The van der Waals surface area contributed by atoms with Gasteiger partial charge in [0.1, 0.15) is 0 Å². The first-order valence-electron chi connectivity index (χ1n) is 3.23. The van der Waals surface area contributed by atoms with Crippen LogP contribution in [0, 0.1) is 6.92 Å². The molecule has 0 saturated carbocycles. The van der Waals surface area contributed by atoms with Gasteiger partial charge in [-0.3, -0.25) is 0 Å². The van der Waals surface area contributed by atoms with E-state index >= 15 is 0 Å². The Bertz CT molecular complexity index is 215. The van der Waals surface area contributed by atoms with Crippen molar-refractivity contribution >= 4 is 5.88 Å². The fraction of sp³-hybridized carbons (Fsp3) is 0.250. The Hall–Kier alpha value is -1.18. The molecule has 1 N–H and O–H groups in total. The molecule has 1 aromatic heterocycles. The largest absolute Gasteiger partial charge is 0.449 e. The first kappa shape index (κ1) is 6.93. The lowest BCUT2D eigenvalue weighted by molar-refractivity contribution is 0.580. The van der Waals surface area contributed by atoms with E-state index in [2.05, 4.69) is 11.9 Å². The number of nitrogens with one attached hydrogen (secondary N) is 1. The van der Waals surface area contributed by atoms with E-state index in [9.17, 15) is 0 Å². The average molecular weight is 137 g/mol. The summed E-state index contributed by atoms with van der Waals surface area (Å²) in [4.78, 5) is 0. The molecule has 0 bridgehead atoms. The number of anilines is 1. The van der Waals surface area contributed by atoms with Crippen molar-refractivity contribution in [3.8, 4) is 0 Å².